The monoisotopic (exact) mass is 468 g/mol. The highest BCUT2D eigenvalue weighted by Crippen LogP contribution is 2.36. The smallest absolute Gasteiger partial charge is 0.378 e. The van der Waals surface area contributed by atoms with Gasteiger partial charge >= 0.3 is 7.82 Å². The van der Waals surface area contributed by atoms with Crippen molar-refractivity contribution in [2.75, 3.05) is 25.2 Å². The van der Waals surface area contributed by atoms with Crippen LogP contribution in [-0.4, -0.2) is 41.1 Å². The van der Waals surface area contributed by atoms with Gasteiger partial charge in [-0.15, -0.1) is 0 Å². The van der Waals surface area contributed by atoms with Gasteiger partial charge in [0.2, 0.25) is 0 Å². The van der Waals surface area contributed by atoms with Crippen molar-refractivity contribution >= 4 is 19.6 Å². The zero-order valence-corrected chi connectivity index (χ0v) is 21.6. The summed E-state index contributed by atoms with van der Waals surface area (Å²) in [6, 6.07) is 0. The lowest BCUT2D eigenvalue weighted by molar-refractivity contribution is 0.0605. The van der Waals surface area contributed by atoms with Crippen molar-refractivity contribution in [3.8, 4) is 0 Å². The van der Waals surface area contributed by atoms with Crippen LogP contribution in [0, 0.1) is 5.92 Å². The summed E-state index contributed by atoms with van der Waals surface area (Å²) in [5.74, 6) is 2.63. The fraction of sp³-hybridized carbons (Fsp3) is 1.00. The maximum Gasteiger partial charge on any atom is 0.469 e. The minimum absolute atomic E-state index is 0.0634. The fourth-order valence-corrected chi connectivity index (χ4v) is 4.89. The number of methoxy groups -OCH3 is 1. The Hall–Kier alpha value is 0.420. The second kappa shape index (κ2) is 21.3. The first-order valence-corrected chi connectivity index (χ1v) is 14.8. The van der Waals surface area contributed by atoms with Gasteiger partial charge in [-0.25, -0.2) is 4.57 Å². The molecule has 0 bridgehead atoms. The molecular formula is C23H49O5PS. The van der Waals surface area contributed by atoms with Crippen LogP contribution in [0.3, 0.4) is 0 Å². The number of thioether (sulfide) groups is 1. The number of hydrogen-bond donors (Lipinski definition) is 2. The first-order valence-electron chi connectivity index (χ1n) is 12.2. The molecule has 1 atom stereocenters. The van der Waals surface area contributed by atoms with E-state index in [1.807, 2.05) is 0 Å². The third-order valence-electron chi connectivity index (χ3n) is 5.39. The summed E-state index contributed by atoms with van der Waals surface area (Å²) in [5, 5.41) is 0. The maximum atomic E-state index is 10.7. The van der Waals surface area contributed by atoms with Gasteiger partial charge in [0, 0.05) is 12.9 Å². The molecule has 1 unspecified atom stereocenters. The predicted octanol–water partition coefficient (Wildman–Crippen LogP) is 7.35. The van der Waals surface area contributed by atoms with Crippen molar-refractivity contribution < 1.29 is 23.6 Å². The lowest BCUT2D eigenvalue weighted by Gasteiger charge is -2.15. The first kappa shape index (κ1) is 30.4. The van der Waals surface area contributed by atoms with Gasteiger partial charge in [0.25, 0.3) is 0 Å². The van der Waals surface area contributed by atoms with E-state index < -0.39 is 7.82 Å². The molecule has 2 N–H and O–H groups in total. The van der Waals surface area contributed by atoms with Crippen molar-refractivity contribution in [2.45, 2.75) is 116 Å². The van der Waals surface area contributed by atoms with Gasteiger partial charge in [-0.2, -0.15) is 11.8 Å². The number of hydrogen-bond acceptors (Lipinski definition) is 4. The lowest BCUT2D eigenvalue weighted by Crippen LogP contribution is -2.20. The molecule has 0 rings (SSSR count). The summed E-state index contributed by atoms with van der Waals surface area (Å²) < 4.78 is 20.4. The molecule has 7 heteroatoms. The van der Waals surface area contributed by atoms with Gasteiger partial charge in [-0.3, -0.25) is 4.52 Å². The standard InChI is InChI=1S/C23H49O5PS/c1-22(2)18-16-14-12-10-8-6-4-5-7-9-11-13-15-17-19-30-21-23(27-3)20-28-29(24,25)26/h22-23H,4-21H2,1-3H3,(H2,24,25,26). The molecule has 0 saturated carbocycles. The SMILES string of the molecule is COC(COP(=O)(O)O)CSCCCCCCCCCCCCCCCCC(C)C. The van der Waals surface area contributed by atoms with E-state index in [0.29, 0.717) is 5.75 Å². The third kappa shape index (κ3) is 24.7. The Labute approximate surface area is 190 Å². The van der Waals surface area contributed by atoms with Gasteiger partial charge in [0.05, 0.1) is 12.7 Å². The van der Waals surface area contributed by atoms with E-state index in [0.717, 1.165) is 11.7 Å². The van der Waals surface area contributed by atoms with E-state index in [9.17, 15) is 4.57 Å². The molecule has 0 amide bonds. The highest BCUT2D eigenvalue weighted by molar-refractivity contribution is 7.99. The third-order valence-corrected chi connectivity index (χ3v) is 7.06. The van der Waals surface area contributed by atoms with E-state index in [1.165, 1.54) is 96.3 Å². The molecule has 0 heterocycles. The topological polar surface area (TPSA) is 76.0 Å². The summed E-state index contributed by atoms with van der Waals surface area (Å²) in [7, 11) is -2.86. The molecule has 0 saturated heterocycles. The van der Waals surface area contributed by atoms with Crippen molar-refractivity contribution in [2.24, 2.45) is 5.92 Å². The molecule has 0 spiro atoms. The van der Waals surface area contributed by atoms with Crippen molar-refractivity contribution in [3.05, 3.63) is 0 Å². The maximum absolute atomic E-state index is 10.7. The molecule has 0 aliphatic rings. The summed E-state index contributed by atoms with van der Waals surface area (Å²) >= 11 is 1.77. The van der Waals surface area contributed by atoms with E-state index in [-0.39, 0.29) is 12.7 Å². The molecule has 5 nitrogen and oxygen atoms in total. The van der Waals surface area contributed by atoms with Gasteiger partial charge in [-0.05, 0) is 18.1 Å². The van der Waals surface area contributed by atoms with Crippen LogP contribution in [0.2, 0.25) is 0 Å². The molecule has 0 aliphatic carbocycles. The number of unbranched alkanes of at least 4 members (excludes halogenated alkanes) is 13. The van der Waals surface area contributed by atoms with E-state index in [1.54, 1.807) is 18.9 Å². The summed E-state index contributed by atoms with van der Waals surface area (Å²) in [4.78, 5) is 17.4. The normalized spacial score (nSPS) is 13.3. The van der Waals surface area contributed by atoms with Crippen LogP contribution in [0.1, 0.15) is 110 Å². The first-order chi connectivity index (χ1) is 14.3. The number of rotatable bonds is 23. The second-order valence-electron chi connectivity index (χ2n) is 8.85. The molecule has 0 aromatic heterocycles. The van der Waals surface area contributed by atoms with Crippen LogP contribution in [0.4, 0.5) is 0 Å². The van der Waals surface area contributed by atoms with Crippen molar-refractivity contribution in [3.63, 3.8) is 0 Å². The fourth-order valence-electron chi connectivity index (χ4n) is 3.46. The van der Waals surface area contributed by atoms with Gasteiger partial charge in [-0.1, -0.05) is 104 Å². The largest absolute Gasteiger partial charge is 0.469 e. The summed E-state index contributed by atoms with van der Waals surface area (Å²) in [6.07, 6.45) is 20.3. The molecule has 182 valence electrons. The van der Waals surface area contributed by atoms with Crippen LogP contribution >= 0.6 is 19.6 Å². The van der Waals surface area contributed by atoms with E-state index in [4.69, 9.17) is 14.5 Å². The second-order valence-corrected chi connectivity index (χ2v) is 11.2. The minimum atomic E-state index is -4.40. The number of phosphoric ester groups is 1. The zero-order chi connectivity index (χ0) is 22.5. The van der Waals surface area contributed by atoms with Crippen molar-refractivity contribution in [1.29, 1.82) is 0 Å². The summed E-state index contributed by atoms with van der Waals surface area (Å²) in [6.45, 7) is 4.57. The Morgan fingerprint density at radius 2 is 1.20 bits per heavy atom. The molecule has 30 heavy (non-hydrogen) atoms. The van der Waals surface area contributed by atoms with Crippen LogP contribution in [0.15, 0.2) is 0 Å². The lowest BCUT2D eigenvalue weighted by atomic mass is 10.0. The molecule has 0 aliphatic heterocycles. The Bertz CT molecular complexity index is 403. The van der Waals surface area contributed by atoms with Crippen molar-refractivity contribution in [1.82, 2.24) is 0 Å². The number of phosphoric acid groups is 1. The van der Waals surface area contributed by atoms with E-state index >= 15 is 0 Å². The quantitative estimate of drug-likeness (QED) is 0.121. The molecule has 0 aromatic carbocycles. The Balaban J connectivity index is 3.23. The molecule has 0 aromatic rings. The van der Waals surface area contributed by atoms with E-state index in [2.05, 4.69) is 18.4 Å². The predicted molar refractivity (Wildman–Crippen MR) is 130 cm³/mol. The average Bonchev–Trinajstić information content (AvgIpc) is 2.68. The van der Waals surface area contributed by atoms with Gasteiger partial charge < -0.3 is 14.5 Å². The highest BCUT2D eigenvalue weighted by Gasteiger charge is 2.17. The van der Waals surface area contributed by atoms with Gasteiger partial charge in [0.1, 0.15) is 0 Å². The molecular weight excluding hydrogens is 419 g/mol. The Kier molecular flexibility index (Phi) is 21.6. The molecule has 0 radical (unpaired) electrons. The van der Waals surface area contributed by atoms with Gasteiger partial charge in [0.15, 0.2) is 0 Å². The van der Waals surface area contributed by atoms with Crippen LogP contribution in [0.25, 0.3) is 0 Å². The number of ether oxygens (including phenoxy) is 1. The van der Waals surface area contributed by atoms with Crippen LogP contribution in [-0.2, 0) is 13.8 Å². The summed E-state index contributed by atoms with van der Waals surface area (Å²) in [5.41, 5.74) is 0. The minimum Gasteiger partial charge on any atom is -0.378 e. The zero-order valence-electron chi connectivity index (χ0n) is 19.9. The highest BCUT2D eigenvalue weighted by atomic mass is 32.2. The average molecular weight is 469 g/mol. The molecule has 0 fully saturated rings. The Morgan fingerprint density at radius 1 is 0.767 bits per heavy atom. The Morgan fingerprint density at radius 3 is 1.60 bits per heavy atom. The van der Waals surface area contributed by atoms with Crippen LogP contribution < -0.4 is 0 Å². The van der Waals surface area contributed by atoms with Crippen LogP contribution in [0.5, 0.6) is 0 Å².